The number of carbonyl (C=O) groups is 2. The van der Waals surface area contributed by atoms with E-state index < -0.39 is 58.0 Å². The number of amides is 1. The summed E-state index contributed by atoms with van der Waals surface area (Å²) in [6, 6.07) is 10.1. The number of halogens is 4. The van der Waals surface area contributed by atoms with Crippen LogP contribution < -0.4 is 4.90 Å². The summed E-state index contributed by atoms with van der Waals surface area (Å²) in [5, 5.41) is 10.8. The second-order valence-electron chi connectivity index (χ2n) is 6.82. The van der Waals surface area contributed by atoms with Crippen molar-refractivity contribution in [3.8, 4) is 0 Å². The topological polar surface area (TPSA) is 57.6 Å². The number of rotatable bonds is 3. The average molecular weight is 427 g/mol. The van der Waals surface area contributed by atoms with Crippen LogP contribution in [-0.4, -0.2) is 16.8 Å². The smallest absolute Gasteiger partial charge is 0.300 e. The van der Waals surface area contributed by atoms with Crippen molar-refractivity contribution in [1.82, 2.24) is 0 Å². The number of nitrogens with zero attached hydrogens (tertiary/aromatic N) is 1. The van der Waals surface area contributed by atoms with Crippen LogP contribution in [0.5, 0.6) is 0 Å². The Kier molecular flexibility index (Phi) is 5.06. The van der Waals surface area contributed by atoms with Gasteiger partial charge in [0.25, 0.3) is 11.7 Å². The fourth-order valence-electron chi connectivity index (χ4n) is 3.48. The van der Waals surface area contributed by atoms with Crippen molar-refractivity contribution in [3.63, 3.8) is 0 Å². The molecule has 1 unspecified atom stereocenters. The van der Waals surface area contributed by atoms with Gasteiger partial charge in [0.15, 0.2) is 0 Å². The largest absolute Gasteiger partial charge is 0.507 e. The van der Waals surface area contributed by atoms with Gasteiger partial charge in [-0.05, 0) is 54.1 Å². The summed E-state index contributed by atoms with van der Waals surface area (Å²) >= 11 is 0. The highest BCUT2D eigenvalue weighted by Gasteiger charge is 2.47. The van der Waals surface area contributed by atoms with E-state index >= 15 is 0 Å². The molecule has 1 N–H and O–H groups in total. The van der Waals surface area contributed by atoms with E-state index in [9.17, 15) is 32.3 Å². The molecule has 1 saturated heterocycles. The third-order valence-electron chi connectivity index (χ3n) is 4.92. The van der Waals surface area contributed by atoms with E-state index in [4.69, 9.17) is 0 Å². The van der Waals surface area contributed by atoms with Gasteiger partial charge in [0.1, 0.15) is 29.0 Å². The molecule has 0 spiro atoms. The summed E-state index contributed by atoms with van der Waals surface area (Å²) in [5.41, 5.74) is -0.736. The number of hydrogen-bond donors (Lipinski definition) is 1. The molecule has 31 heavy (non-hydrogen) atoms. The Bertz CT molecular complexity index is 1220. The van der Waals surface area contributed by atoms with Gasteiger partial charge in [0.2, 0.25) is 0 Å². The number of carbonyl (C=O) groups excluding carboxylic acids is 2. The quantitative estimate of drug-likeness (QED) is 0.281. The van der Waals surface area contributed by atoms with Crippen LogP contribution in [0.1, 0.15) is 17.2 Å². The Morgan fingerprint density at radius 1 is 0.774 bits per heavy atom. The molecule has 1 amide bonds. The number of benzene rings is 3. The lowest BCUT2D eigenvalue weighted by Crippen LogP contribution is -2.30. The first-order valence-corrected chi connectivity index (χ1v) is 9.05. The predicted molar refractivity (Wildman–Crippen MR) is 104 cm³/mol. The zero-order chi connectivity index (χ0) is 22.3. The monoisotopic (exact) mass is 427 g/mol. The summed E-state index contributed by atoms with van der Waals surface area (Å²) in [7, 11) is 0. The van der Waals surface area contributed by atoms with E-state index in [0.717, 1.165) is 42.5 Å². The second kappa shape index (κ2) is 7.71. The van der Waals surface area contributed by atoms with Crippen LogP contribution in [0.3, 0.4) is 0 Å². The SMILES string of the molecule is O=C1C(=O)N(c2cc(F)ccc2F)C(c2ccc(F)cc2)/C1=C(\O)c1ccc(F)cc1. The highest BCUT2D eigenvalue weighted by atomic mass is 19.1. The van der Waals surface area contributed by atoms with Gasteiger partial charge in [0.05, 0.1) is 17.3 Å². The van der Waals surface area contributed by atoms with Crippen LogP contribution in [0.4, 0.5) is 23.2 Å². The molecule has 0 saturated carbocycles. The molecule has 1 fully saturated rings. The number of aliphatic hydroxyl groups is 1. The summed E-state index contributed by atoms with van der Waals surface area (Å²) in [4.78, 5) is 26.4. The third-order valence-corrected chi connectivity index (χ3v) is 4.92. The first-order valence-electron chi connectivity index (χ1n) is 9.05. The van der Waals surface area contributed by atoms with Crippen molar-refractivity contribution < 1.29 is 32.3 Å². The Morgan fingerprint density at radius 3 is 1.94 bits per heavy atom. The number of hydrogen-bond acceptors (Lipinski definition) is 3. The molecule has 4 nitrogen and oxygen atoms in total. The lowest BCUT2D eigenvalue weighted by molar-refractivity contribution is -0.132. The maximum absolute atomic E-state index is 14.5. The Balaban J connectivity index is 1.97. The van der Waals surface area contributed by atoms with Gasteiger partial charge in [-0.1, -0.05) is 12.1 Å². The second-order valence-corrected chi connectivity index (χ2v) is 6.82. The number of anilines is 1. The van der Waals surface area contributed by atoms with Crippen LogP contribution in [-0.2, 0) is 9.59 Å². The van der Waals surface area contributed by atoms with Gasteiger partial charge >= 0.3 is 0 Å². The lowest BCUT2D eigenvalue weighted by atomic mass is 9.95. The molecule has 0 aliphatic carbocycles. The molecule has 4 rings (SSSR count). The number of ketones is 1. The molecule has 3 aromatic rings. The van der Waals surface area contributed by atoms with E-state index in [2.05, 4.69) is 0 Å². The van der Waals surface area contributed by atoms with Crippen molar-refractivity contribution in [2.75, 3.05) is 4.90 Å². The van der Waals surface area contributed by atoms with E-state index in [-0.39, 0.29) is 11.1 Å². The van der Waals surface area contributed by atoms with E-state index in [0.29, 0.717) is 4.90 Å². The zero-order valence-electron chi connectivity index (χ0n) is 15.7. The molecule has 1 heterocycles. The van der Waals surface area contributed by atoms with Crippen LogP contribution >= 0.6 is 0 Å². The minimum atomic E-state index is -1.37. The molecule has 1 aliphatic heterocycles. The van der Waals surface area contributed by atoms with Crippen LogP contribution in [0.15, 0.2) is 72.3 Å². The maximum atomic E-state index is 14.5. The van der Waals surface area contributed by atoms with Crippen LogP contribution in [0, 0.1) is 23.3 Å². The fourth-order valence-corrected chi connectivity index (χ4v) is 3.48. The Morgan fingerprint density at radius 2 is 1.32 bits per heavy atom. The lowest BCUT2D eigenvalue weighted by Gasteiger charge is -2.25. The standard InChI is InChI=1S/C23H13F4NO3/c24-14-5-1-12(2-6-14)20-19(21(29)13-3-7-15(25)8-4-13)22(30)23(31)28(20)18-11-16(26)9-10-17(18)27/h1-11,20,29H/b21-19+. The molecular formula is C23H13F4NO3. The van der Waals surface area contributed by atoms with E-state index in [1.807, 2.05) is 0 Å². The van der Waals surface area contributed by atoms with Crippen molar-refractivity contribution in [3.05, 3.63) is 107 Å². The molecule has 3 aromatic carbocycles. The number of Topliss-reactive ketones (excluding diaryl/α,β-unsaturated/α-hetero) is 1. The average Bonchev–Trinajstić information content (AvgIpc) is 3.01. The van der Waals surface area contributed by atoms with E-state index in [1.165, 1.54) is 24.3 Å². The molecule has 1 aliphatic rings. The van der Waals surface area contributed by atoms with Gasteiger partial charge in [-0.2, -0.15) is 0 Å². The first kappa shape index (κ1) is 20.3. The molecule has 8 heteroatoms. The van der Waals surface area contributed by atoms with Crippen molar-refractivity contribution >= 4 is 23.1 Å². The van der Waals surface area contributed by atoms with Crippen LogP contribution in [0.2, 0.25) is 0 Å². The fraction of sp³-hybridized carbons (Fsp3) is 0.0435. The molecule has 0 aromatic heterocycles. The summed E-state index contributed by atoms with van der Waals surface area (Å²) in [6.07, 6.45) is 0. The highest BCUT2D eigenvalue weighted by molar-refractivity contribution is 6.51. The zero-order valence-corrected chi connectivity index (χ0v) is 15.7. The van der Waals surface area contributed by atoms with Crippen molar-refractivity contribution in [2.45, 2.75) is 6.04 Å². The highest BCUT2D eigenvalue weighted by Crippen LogP contribution is 2.43. The third kappa shape index (κ3) is 3.56. The molecule has 1 atom stereocenters. The van der Waals surface area contributed by atoms with Crippen molar-refractivity contribution in [2.24, 2.45) is 0 Å². The van der Waals surface area contributed by atoms with Gasteiger partial charge in [-0.15, -0.1) is 0 Å². The van der Waals surface area contributed by atoms with Gasteiger partial charge in [-0.25, -0.2) is 17.6 Å². The van der Waals surface area contributed by atoms with Gasteiger partial charge in [-0.3, -0.25) is 14.5 Å². The normalized spacial score (nSPS) is 17.9. The minimum absolute atomic E-state index is 0.0335. The molecule has 0 bridgehead atoms. The van der Waals surface area contributed by atoms with E-state index in [1.54, 1.807) is 0 Å². The first-order chi connectivity index (χ1) is 14.8. The van der Waals surface area contributed by atoms with Gasteiger partial charge < -0.3 is 5.11 Å². The summed E-state index contributed by atoms with van der Waals surface area (Å²) in [5.74, 6) is -6.01. The molecular weight excluding hydrogens is 414 g/mol. The number of aliphatic hydroxyl groups excluding tert-OH is 1. The Hall–Kier alpha value is -3.94. The molecule has 156 valence electrons. The maximum Gasteiger partial charge on any atom is 0.300 e. The molecule has 0 radical (unpaired) electrons. The van der Waals surface area contributed by atoms with Crippen molar-refractivity contribution in [1.29, 1.82) is 0 Å². The minimum Gasteiger partial charge on any atom is -0.507 e. The Labute approximate surface area is 173 Å². The van der Waals surface area contributed by atoms with Crippen LogP contribution in [0.25, 0.3) is 5.76 Å². The summed E-state index contributed by atoms with van der Waals surface area (Å²) in [6.45, 7) is 0. The van der Waals surface area contributed by atoms with Gasteiger partial charge in [0, 0.05) is 11.6 Å². The predicted octanol–water partition coefficient (Wildman–Crippen LogP) is 4.87. The summed E-state index contributed by atoms with van der Waals surface area (Å²) < 4.78 is 55.1.